The van der Waals surface area contributed by atoms with Crippen LogP contribution in [0.1, 0.15) is 24.8 Å². The van der Waals surface area contributed by atoms with Gasteiger partial charge >= 0.3 is 0 Å². The molecule has 0 heterocycles. The van der Waals surface area contributed by atoms with E-state index >= 15 is 0 Å². The molecule has 0 unspecified atom stereocenters. The standard InChI is InChI=1S/C12H11Cl4N/c13-9-7-10(14)12(16)11(15)8(9)5-3-1-2-4-6-17/h7H,1-2,4,6,17H2. The van der Waals surface area contributed by atoms with Crippen molar-refractivity contribution in [3.05, 3.63) is 31.7 Å². The lowest BCUT2D eigenvalue weighted by Gasteiger charge is -2.04. The molecule has 0 saturated heterocycles. The number of halogens is 4. The van der Waals surface area contributed by atoms with Crippen LogP contribution in [0.4, 0.5) is 0 Å². The molecule has 1 nitrogen and oxygen atoms in total. The number of benzene rings is 1. The fourth-order valence-corrected chi connectivity index (χ4v) is 2.20. The highest BCUT2D eigenvalue weighted by Gasteiger charge is 2.11. The molecule has 2 N–H and O–H groups in total. The van der Waals surface area contributed by atoms with Gasteiger partial charge in [-0.15, -0.1) is 0 Å². The van der Waals surface area contributed by atoms with E-state index in [1.165, 1.54) is 0 Å². The Kier molecular flexibility index (Phi) is 6.48. The molecule has 0 saturated carbocycles. The monoisotopic (exact) mass is 309 g/mol. The average molecular weight is 311 g/mol. The Bertz CT molecular complexity index is 460. The molecule has 0 bridgehead atoms. The Hall–Kier alpha value is -0.100. The third-order valence-corrected chi connectivity index (χ3v) is 3.64. The van der Waals surface area contributed by atoms with Crippen LogP contribution in [0.25, 0.3) is 0 Å². The van der Waals surface area contributed by atoms with E-state index in [0.29, 0.717) is 27.2 Å². The van der Waals surface area contributed by atoms with E-state index in [2.05, 4.69) is 11.8 Å². The summed E-state index contributed by atoms with van der Waals surface area (Å²) in [5, 5.41) is 1.32. The zero-order valence-corrected chi connectivity index (χ0v) is 12.0. The fourth-order valence-electron chi connectivity index (χ4n) is 1.19. The molecular formula is C12H11Cl4N. The summed E-state index contributed by atoms with van der Waals surface area (Å²) in [6, 6.07) is 1.54. The van der Waals surface area contributed by atoms with Crippen LogP contribution in [-0.2, 0) is 0 Å². The Morgan fingerprint density at radius 3 is 2.35 bits per heavy atom. The van der Waals surface area contributed by atoms with Crippen molar-refractivity contribution in [1.29, 1.82) is 0 Å². The largest absolute Gasteiger partial charge is 0.330 e. The summed E-state index contributed by atoms with van der Waals surface area (Å²) < 4.78 is 0. The fraction of sp³-hybridized carbons (Fsp3) is 0.333. The summed E-state index contributed by atoms with van der Waals surface area (Å²) in [4.78, 5) is 0. The summed E-state index contributed by atoms with van der Waals surface area (Å²) in [7, 11) is 0. The molecule has 0 fully saturated rings. The second kappa shape index (κ2) is 7.36. The first-order valence-electron chi connectivity index (χ1n) is 5.10. The van der Waals surface area contributed by atoms with Crippen molar-refractivity contribution in [2.75, 3.05) is 6.54 Å². The number of unbranched alkanes of at least 4 members (excludes halogenated alkanes) is 2. The van der Waals surface area contributed by atoms with Crippen molar-refractivity contribution in [3.63, 3.8) is 0 Å². The predicted molar refractivity (Wildman–Crippen MR) is 76.3 cm³/mol. The van der Waals surface area contributed by atoms with Crippen molar-refractivity contribution < 1.29 is 0 Å². The number of hydrogen-bond acceptors (Lipinski definition) is 1. The Balaban J connectivity index is 2.87. The molecule has 17 heavy (non-hydrogen) atoms. The van der Waals surface area contributed by atoms with Gasteiger partial charge in [0.25, 0.3) is 0 Å². The smallest absolute Gasteiger partial charge is 0.0792 e. The van der Waals surface area contributed by atoms with Crippen molar-refractivity contribution in [2.45, 2.75) is 19.3 Å². The summed E-state index contributed by atoms with van der Waals surface area (Å²) in [5.41, 5.74) is 5.91. The van der Waals surface area contributed by atoms with E-state index in [1.54, 1.807) is 6.07 Å². The van der Waals surface area contributed by atoms with Gasteiger partial charge in [-0.3, -0.25) is 0 Å². The molecule has 0 aliphatic rings. The van der Waals surface area contributed by atoms with E-state index < -0.39 is 0 Å². The first-order chi connectivity index (χ1) is 8.07. The summed E-state index contributed by atoms with van der Waals surface area (Å²) in [6.07, 6.45) is 2.67. The van der Waals surface area contributed by atoms with Crippen LogP contribution in [0, 0.1) is 11.8 Å². The highest BCUT2D eigenvalue weighted by molar-refractivity contribution is 6.49. The van der Waals surface area contributed by atoms with Crippen molar-refractivity contribution >= 4 is 46.4 Å². The van der Waals surface area contributed by atoms with Crippen LogP contribution in [0.3, 0.4) is 0 Å². The van der Waals surface area contributed by atoms with Gasteiger partial charge in [-0.2, -0.15) is 0 Å². The van der Waals surface area contributed by atoms with Gasteiger partial charge in [0, 0.05) is 6.42 Å². The second-order valence-corrected chi connectivity index (χ2v) is 4.96. The molecule has 0 radical (unpaired) electrons. The number of rotatable bonds is 3. The summed E-state index contributed by atoms with van der Waals surface area (Å²) >= 11 is 23.8. The van der Waals surface area contributed by atoms with E-state index in [1.807, 2.05) is 0 Å². The molecule has 1 aromatic rings. The number of nitrogens with two attached hydrogens (primary N) is 1. The molecule has 0 spiro atoms. The Morgan fingerprint density at radius 2 is 1.71 bits per heavy atom. The molecule has 5 heteroatoms. The van der Waals surface area contributed by atoms with Crippen molar-refractivity contribution in [1.82, 2.24) is 0 Å². The molecule has 0 amide bonds. The van der Waals surface area contributed by atoms with Gasteiger partial charge in [-0.25, -0.2) is 0 Å². The van der Waals surface area contributed by atoms with E-state index in [4.69, 9.17) is 52.1 Å². The maximum Gasteiger partial charge on any atom is 0.0792 e. The third-order valence-electron chi connectivity index (χ3n) is 2.08. The minimum absolute atomic E-state index is 0.281. The van der Waals surface area contributed by atoms with Gasteiger partial charge in [0.15, 0.2) is 0 Å². The first kappa shape index (κ1) is 15.0. The first-order valence-corrected chi connectivity index (χ1v) is 6.61. The minimum Gasteiger partial charge on any atom is -0.330 e. The van der Waals surface area contributed by atoms with Crippen LogP contribution >= 0.6 is 46.4 Å². The number of hydrogen-bond donors (Lipinski definition) is 1. The van der Waals surface area contributed by atoms with Crippen LogP contribution in [0.15, 0.2) is 6.07 Å². The highest BCUT2D eigenvalue weighted by atomic mass is 35.5. The average Bonchev–Trinajstić information content (AvgIpc) is 2.30. The van der Waals surface area contributed by atoms with Gasteiger partial charge in [-0.05, 0) is 25.5 Å². The van der Waals surface area contributed by atoms with Crippen LogP contribution in [-0.4, -0.2) is 6.54 Å². The van der Waals surface area contributed by atoms with E-state index in [9.17, 15) is 0 Å². The SMILES string of the molecule is NCCCCC#Cc1c(Cl)cc(Cl)c(Cl)c1Cl. The molecule has 0 aliphatic heterocycles. The van der Waals surface area contributed by atoms with Gasteiger partial charge in [0.05, 0.1) is 25.7 Å². The molecular weight excluding hydrogens is 300 g/mol. The quantitative estimate of drug-likeness (QED) is 0.370. The molecule has 1 rings (SSSR count). The third kappa shape index (κ3) is 4.25. The minimum atomic E-state index is 0.281. The van der Waals surface area contributed by atoms with Crippen LogP contribution in [0.2, 0.25) is 20.1 Å². The van der Waals surface area contributed by atoms with Gasteiger partial charge in [0.2, 0.25) is 0 Å². The molecule has 0 aromatic heterocycles. The van der Waals surface area contributed by atoms with Crippen molar-refractivity contribution in [3.8, 4) is 11.8 Å². The van der Waals surface area contributed by atoms with Gasteiger partial charge in [-0.1, -0.05) is 58.2 Å². The lowest BCUT2D eigenvalue weighted by molar-refractivity contribution is 0.768. The molecule has 1 aromatic carbocycles. The summed E-state index contributed by atoms with van der Waals surface area (Å²) in [5.74, 6) is 5.90. The molecule has 92 valence electrons. The lowest BCUT2D eigenvalue weighted by atomic mass is 10.2. The zero-order valence-electron chi connectivity index (χ0n) is 8.99. The zero-order chi connectivity index (χ0) is 12.8. The maximum atomic E-state index is 6.02. The van der Waals surface area contributed by atoms with E-state index in [0.717, 1.165) is 19.3 Å². The van der Waals surface area contributed by atoms with E-state index in [-0.39, 0.29) is 5.02 Å². The van der Waals surface area contributed by atoms with Crippen LogP contribution in [0.5, 0.6) is 0 Å². The Morgan fingerprint density at radius 1 is 1.00 bits per heavy atom. The molecule has 0 aliphatic carbocycles. The second-order valence-electron chi connectivity index (χ2n) is 3.39. The molecule has 0 atom stereocenters. The topological polar surface area (TPSA) is 26.0 Å². The highest BCUT2D eigenvalue weighted by Crippen LogP contribution is 2.36. The summed E-state index contributed by atoms with van der Waals surface area (Å²) in [6.45, 7) is 0.677. The van der Waals surface area contributed by atoms with Gasteiger partial charge in [0.1, 0.15) is 0 Å². The van der Waals surface area contributed by atoms with Gasteiger partial charge < -0.3 is 5.73 Å². The lowest BCUT2D eigenvalue weighted by Crippen LogP contribution is -1.96. The predicted octanol–water partition coefficient (Wildman–Crippen LogP) is 4.78. The van der Waals surface area contributed by atoms with Crippen molar-refractivity contribution in [2.24, 2.45) is 5.73 Å². The maximum absolute atomic E-state index is 6.02. The normalized spacial score (nSPS) is 9.94. The Labute approximate surface area is 121 Å². The van der Waals surface area contributed by atoms with Crippen LogP contribution < -0.4 is 5.73 Å².